The minimum atomic E-state index is -0.872. The summed E-state index contributed by atoms with van der Waals surface area (Å²) in [5.74, 6) is -1.05. The van der Waals surface area contributed by atoms with Crippen LogP contribution >= 0.6 is 0 Å². The van der Waals surface area contributed by atoms with Crippen LogP contribution in [0.4, 0.5) is 5.69 Å². The molecule has 8 heteroatoms. The number of ether oxygens (including phenoxy) is 2. The molecule has 0 aromatic heterocycles. The summed E-state index contributed by atoms with van der Waals surface area (Å²) >= 11 is 0. The third-order valence-electron chi connectivity index (χ3n) is 6.37. The fourth-order valence-corrected chi connectivity index (χ4v) is 4.70. The Bertz CT molecular complexity index is 1050. The summed E-state index contributed by atoms with van der Waals surface area (Å²) in [6.07, 6.45) is 4.55. The lowest BCUT2D eigenvalue weighted by molar-refractivity contribution is -0.143. The largest absolute Gasteiger partial charge is 0.484 e. The van der Waals surface area contributed by atoms with Crippen molar-refractivity contribution in [3.05, 3.63) is 60.2 Å². The minimum absolute atomic E-state index is 0.0782. The van der Waals surface area contributed by atoms with Crippen LogP contribution in [0.3, 0.4) is 0 Å². The van der Waals surface area contributed by atoms with E-state index in [4.69, 9.17) is 9.47 Å². The van der Waals surface area contributed by atoms with Gasteiger partial charge in [0.2, 0.25) is 5.91 Å². The molecular formula is C26H28N2O6. The van der Waals surface area contributed by atoms with Gasteiger partial charge in [-0.1, -0.05) is 37.5 Å². The first-order chi connectivity index (χ1) is 16.5. The number of esters is 1. The van der Waals surface area contributed by atoms with E-state index in [0.29, 0.717) is 17.0 Å². The summed E-state index contributed by atoms with van der Waals surface area (Å²) in [5, 5.41) is 0. The molecule has 0 radical (unpaired) electrons. The van der Waals surface area contributed by atoms with Gasteiger partial charge in [0, 0.05) is 6.04 Å². The Morgan fingerprint density at radius 1 is 0.971 bits per heavy atom. The van der Waals surface area contributed by atoms with Crippen LogP contribution in [0.5, 0.6) is 5.75 Å². The van der Waals surface area contributed by atoms with Gasteiger partial charge in [0.15, 0.2) is 6.61 Å². The molecule has 2 fully saturated rings. The lowest BCUT2D eigenvalue weighted by atomic mass is 9.92. The maximum atomic E-state index is 13.4. The quantitative estimate of drug-likeness (QED) is 0.461. The topological polar surface area (TPSA) is 93.2 Å². The molecule has 8 nitrogen and oxygen atoms in total. The highest BCUT2D eigenvalue weighted by Gasteiger charge is 2.46. The predicted molar refractivity (Wildman–Crippen MR) is 124 cm³/mol. The number of carbonyl (C=O) groups excluding carboxylic acids is 4. The summed E-state index contributed by atoms with van der Waals surface area (Å²) in [6.45, 7) is -0.202. The van der Waals surface area contributed by atoms with Crippen molar-refractivity contribution < 1.29 is 28.7 Å². The molecule has 1 heterocycles. The Morgan fingerprint density at radius 3 is 2.29 bits per heavy atom. The molecule has 0 bridgehead atoms. The monoisotopic (exact) mass is 464 g/mol. The molecule has 1 saturated heterocycles. The van der Waals surface area contributed by atoms with Crippen molar-refractivity contribution >= 4 is 29.4 Å². The standard InChI is InChI=1S/C26H28N2O6/c1-33-26(32)18-12-14-20(15-13-18)28-23(29)16-22(25(28)31)27(19-8-4-2-5-9-19)24(30)17-34-21-10-6-3-7-11-21/h3,6-7,10-15,19,22H,2,4-5,8-9,16-17H2,1H3. The van der Waals surface area contributed by atoms with E-state index in [1.165, 1.54) is 31.4 Å². The molecule has 2 aromatic carbocycles. The van der Waals surface area contributed by atoms with E-state index in [1.54, 1.807) is 17.0 Å². The fourth-order valence-electron chi connectivity index (χ4n) is 4.70. The SMILES string of the molecule is COC(=O)c1ccc(N2C(=O)CC(N(C(=O)COc3ccccc3)C3CCCCC3)C2=O)cc1. The van der Waals surface area contributed by atoms with E-state index in [2.05, 4.69) is 0 Å². The normalized spacial score (nSPS) is 18.6. The highest BCUT2D eigenvalue weighted by Crippen LogP contribution is 2.31. The maximum Gasteiger partial charge on any atom is 0.337 e. The minimum Gasteiger partial charge on any atom is -0.484 e. The molecule has 1 saturated carbocycles. The highest BCUT2D eigenvalue weighted by molar-refractivity contribution is 6.23. The number of hydrogen-bond donors (Lipinski definition) is 0. The van der Waals surface area contributed by atoms with Crippen molar-refractivity contribution in [1.82, 2.24) is 4.90 Å². The molecule has 4 rings (SSSR count). The first-order valence-corrected chi connectivity index (χ1v) is 11.5. The summed E-state index contributed by atoms with van der Waals surface area (Å²) < 4.78 is 10.4. The molecule has 2 aliphatic rings. The molecule has 0 spiro atoms. The zero-order valence-corrected chi connectivity index (χ0v) is 19.1. The van der Waals surface area contributed by atoms with Crippen LogP contribution in [0.2, 0.25) is 0 Å². The fraction of sp³-hybridized carbons (Fsp3) is 0.385. The van der Waals surface area contributed by atoms with Gasteiger partial charge in [0.05, 0.1) is 24.8 Å². The van der Waals surface area contributed by atoms with Crippen molar-refractivity contribution in [3.8, 4) is 5.75 Å². The summed E-state index contributed by atoms with van der Waals surface area (Å²) in [7, 11) is 1.28. The summed E-state index contributed by atoms with van der Waals surface area (Å²) in [4.78, 5) is 54.1. The molecule has 2 aromatic rings. The Morgan fingerprint density at radius 2 is 1.65 bits per heavy atom. The molecule has 1 unspecified atom stereocenters. The van der Waals surface area contributed by atoms with Crippen LogP contribution in [-0.4, -0.2) is 54.4 Å². The Kier molecular flexibility index (Phi) is 7.25. The second kappa shape index (κ2) is 10.5. The number of para-hydroxylation sites is 1. The van der Waals surface area contributed by atoms with Gasteiger partial charge in [-0.05, 0) is 49.2 Å². The smallest absolute Gasteiger partial charge is 0.337 e. The van der Waals surface area contributed by atoms with E-state index >= 15 is 0 Å². The van der Waals surface area contributed by atoms with Crippen LogP contribution in [0.25, 0.3) is 0 Å². The van der Waals surface area contributed by atoms with Gasteiger partial charge >= 0.3 is 5.97 Å². The average molecular weight is 465 g/mol. The van der Waals surface area contributed by atoms with Crippen molar-refractivity contribution in [2.75, 3.05) is 18.6 Å². The number of methoxy groups -OCH3 is 1. The van der Waals surface area contributed by atoms with E-state index < -0.39 is 17.9 Å². The zero-order chi connectivity index (χ0) is 24.1. The van der Waals surface area contributed by atoms with Gasteiger partial charge in [-0.15, -0.1) is 0 Å². The van der Waals surface area contributed by atoms with Crippen LogP contribution in [0.1, 0.15) is 48.9 Å². The zero-order valence-electron chi connectivity index (χ0n) is 19.1. The second-order valence-corrected chi connectivity index (χ2v) is 8.52. The van der Waals surface area contributed by atoms with Crippen LogP contribution in [0, 0.1) is 0 Å². The highest BCUT2D eigenvalue weighted by atomic mass is 16.5. The average Bonchev–Trinajstić information content (AvgIpc) is 3.17. The molecule has 3 amide bonds. The number of nitrogens with zero attached hydrogens (tertiary/aromatic N) is 2. The van der Waals surface area contributed by atoms with Gasteiger partial charge < -0.3 is 14.4 Å². The van der Waals surface area contributed by atoms with Crippen molar-refractivity contribution in [2.24, 2.45) is 0 Å². The number of carbonyl (C=O) groups is 4. The Labute approximate surface area is 198 Å². The van der Waals surface area contributed by atoms with E-state index in [9.17, 15) is 19.2 Å². The number of hydrogen-bond acceptors (Lipinski definition) is 6. The predicted octanol–water partition coefficient (Wildman–Crippen LogP) is 3.35. The molecular weight excluding hydrogens is 436 g/mol. The lowest BCUT2D eigenvalue weighted by Gasteiger charge is -2.37. The van der Waals surface area contributed by atoms with Crippen molar-refractivity contribution in [3.63, 3.8) is 0 Å². The lowest BCUT2D eigenvalue weighted by Crippen LogP contribution is -2.52. The number of amides is 3. The van der Waals surface area contributed by atoms with E-state index in [1.807, 2.05) is 18.2 Å². The van der Waals surface area contributed by atoms with Gasteiger partial charge in [-0.25, -0.2) is 9.69 Å². The van der Waals surface area contributed by atoms with E-state index in [-0.39, 0.29) is 30.9 Å². The molecule has 0 N–H and O–H groups in total. The van der Waals surface area contributed by atoms with Gasteiger partial charge in [-0.2, -0.15) is 0 Å². The molecule has 34 heavy (non-hydrogen) atoms. The van der Waals surface area contributed by atoms with Gasteiger partial charge in [-0.3, -0.25) is 14.4 Å². The molecule has 1 atom stereocenters. The molecule has 1 aliphatic heterocycles. The molecule has 178 valence electrons. The number of imide groups is 1. The number of rotatable bonds is 7. The van der Waals surface area contributed by atoms with Crippen molar-refractivity contribution in [2.45, 2.75) is 50.6 Å². The van der Waals surface area contributed by atoms with E-state index in [0.717, 1.165) is 37.0 Å². The third kappa shape index (κ3) is 4.95. The Hall–Kier alpha value is -3.68. The van der Waals surface area contributed by atoms with Crippen LogP contribution < -0.4 is 9.64 Å². The maximum absolute atomic E-state index is 13.4. The first kappa shape index (κ1) is 23.5. The number of benzene rings is 2. The summed E-state index contributed by atoms with van der Waals surface area (Å²) in [5.41, 5.74) is 0.681. The van der Waals surface area contributed by atoms with Crippen molar-refractivity contribution in [1.29, 1.82) is 0 Å². The summed E-state index contributed by atoms with van der Waals surface area (Å²) in [6, 6.07) is 14.1. The van der Waals surface area contributed by atoms with Gasteiger partial charge in [0.25, 0.3) is 11.8 Å². The number of anilines is 1. The first-order valence-electron chi connectivity index (χ1n) is 11.5. The third-order valence-corrected chi connectivity index (χ3v) is 6.37. The van der Waals surface area contributed by atoms with Gasteiger partial charge in [0.1, 0.15) is 11.8 Å². The van der Waals surface area contributed by atoms with Crippen LogP contribution in [-0.2, 0) is 19.1 Å². The Balaban J connectivity index is 1.54. The second-order valence-electron chi connectivity index (χ2n) is 8.52. The molecule has 1 aliphatic carbocycles. The van der Waals surface area contributed by atoms with Crippen LogP contribution in [0.15, 0.2) is 54.6 Å².